The Morgan fingerprint density at radius 3 is 2.18 bits per heavy atom. The van der Waals surface area contributed by atoms with Crippen molar-refractivity contribution in [3.63, 3.8) is 0 Å². The van der Waals surface area contributed by atoms with Gasteiger partial charge in [-0.15, -0.1) is 0 Å². The maximum Gasteiger partial charge on any atom is 0.165 e. The van der Waals surface area contributed by atoms with Gasteiger partial charge in [0.05, 0.1) is 5.56 Å². The van der Waals surface area contributed by atoms with Crippen LogP contribution in [0.1, 0.15) is 51.4 Å². The van der Waals surface area contributed by atoms with Crippen LogP contribution in [0.3, 0.4) is 0 Å². The number of nitrogens with one attached hydrogen (secondary N) is 2. The molecule has 2 fully saturated rings. The molecule has 2 aliphatic carbocycles. The maximum atomic E-state index is 5.09. The molecule has 33 heavy (non-hydrogen) atoms. The van der Waals surface area contributed by atoms with Crippen LogP contribution in [0.15, 0.2) is 60.9 Å². The number of anilines is 2. The van der Waals surface area contributed by atoms with Crippen LogP contribution < -0.4 is 10.6 Å². The van der Waals surface area contributed by atoms with E-state index in [2.05, 4.69) is 52.0 Å². The lowest BCUT2D eigenvalue weighted by Crippen LogP contribution is -2.17. The van der Waals surface area contributed by atoms with Crippen LogP contribution in [-0.2, 0) is 0 Å². The smallest absolute Gasteiger partial charge is 0.165 e. The maximum absolute atomic E-state index is 5.09. The first kappa shape index (κ1) is 20.2. The molecule has 1 aromatic carbocycles. The lowest BCUT2D eigenvalue weighted by Gasteiger charge is -2.14. The zero-order valence-electron chi connectivity index (χ0n) is 18.9. The van der Waals surface area contributed by atoms with Crippen molar-refractivity contribution in [2.45, 2.75) is 63.5 Å². The number of hydrogen-bond acceptors (Lipinski definition) is 5. The molecule has 4 aromatic rings. The summed E-state index contributed by atoms with van der Waals surface area (Å²) in [4.78, 5) is 9.40. The third-order valence-electron chi connectivity index (χ3n) is 7.03. The molecule has 168 valence electrons. The van der Waals surface area contributed by atoms with Crippen LogP contribution >= 0.6 is 0 Å². The van der Waals surface area contributed by atoms with Gasteiger partial charge in [0.1, 0.15) is 17.3 Å². The van der Waals surface area contributed by atoms with E-state index in [-0.39, 0.29) is 0 Å². The number of benzene rings is 1. The highest BCUT2D eigenvalue weighted by molar-refractivity contribution is 5.91. The molecule has 0 aliphatic heterocycles. The van der Waals surface area contributed by atoms with Gasteiger partial charge in [0.2, 0.25) is 0 Å². The van der Waals surface area contributed by atoms with Gasteiger partial charge in [0, 0.05) is 30.0 Å². The fraction of sp³-hybridized carbons (Fsp3) is 0.370. The van der Waals surface area contributed by atoms with Gasteiger partial charge in [0.15, 0.2) is 5.65 Å². The summed E-state index contributed by atoms with van der Waals surface area (Å²) in [7, 11) is 0. The monoisotopic (exact) mass is 438 g/mol. The van der Waals surface area contributed by atoms with Crippen LogP contribution in [0.5, 0.6) is 0 Å². The summed E-state index contributed by atoms with van der Waals surface area (Å²) in [6.45, 7) is 0. The topological polar surface area (TPSA) is 67.1 Å². The van der Waals surface area contributed by atoms with Crippen LogP contribution in [0.2, 0.25) is 0 Å². The molecule has 6 rings (SSSR count). The third kappa shape index (κ3) is 4.06. The molecule has 0 spiro atoms. The molecule has 0 bridgehead atoms. The quantitative estimate of drug-likeness (QED) is 0.377. The Balaban J connectivity index is 1.47. The first-order valence-corrected chi connectivity index (χ1v) is 12.3. The number of pyridine rings is 1. The average Bonchev–Trinajstić information content (AvgIpc) is 3.61. The number of rotatable bonds is 6. The number of fused-ring (bicyclic) bond motifs is 1. The van der Waals surface area contributed by atoms with Gasteiger partial charge in [-0.1, -0.05) is 56.0 Å². The standard InChI is InChI=1S/C27H30N6/c1-2-8-19(9-3-1)26-25(20-14-16-28-23(18-20)30-21-10-4-5-11-21)27-29-17-15-24(33(27)32-26)31-22-12-6-7-13-22/h1-3,8-9,14-18,21-22,31H,4-7,10-13H2,(H,28,30). The van der Waals surface area contributed by atoms with Crippen molar-refractivity contribution >= 4 is 17.3 Å². The third-order valence-corrected chi connectivity index (χ3v) is 7.03. The molecule has 6 heteroatoms. The normalized spacial score (nSPS) is 17.1. The van der Waals surface area contributed by atoms with Crippen molar-refractivity contribution in [2.24, 2.45) is 0 Å². The van der Waals surface area contributed by atoms with Crippen molar-refractivity contribution in [1.29, 1.82) is 0 Å². The Morgan fingerprint density at radius 2 is 1.42 bits per heavy atom. The summed E-state index contributed by atoms with van der Waals surface area (Å²) >= 11 is 0. The molecule has 0 radical (unpaired) electrons. The molecule has 0 saturated heterocycles. The lowest BCUT2D eigenvalue weighted by atomic mass is 10.0. The largest absolute Gasteiger partial charge is 0.367 e. The number of nitrogens with zero attached hydrogens (tertiary/aromatic N) is 4. The second kappa shape index (κ2) is 8.85. The SMILES string of the molecule is c1ccc(-c2nn3c(NC4CCCC4)ccnc3c2-c2ccnc(NC3CCCC3)c2)cc1. The van der Waals surface area contributed by atoms with E-state index < -0.39 is 0 Å². The minimum Gasteiger partial charge on any atom is -0.367 e. The summed E-state index contributed by atoms with van der Waals surface area (Å²) in [5, 5.41) is 12.4. The molecule has 0 amide bonds. The van der Waals surface area contributed by atoms with Crippen molar-refractivity contribution in [1.82, 2.24) is 19.6 Å². The van der Waals surface area contributed by atoms with E-state index in [1.54, 1.807) is 0 Å². The second-order valence-electron chi connectivity index (χ2n) is 9.34. The minimum absolute atomic E-state index is 0.506. The van der Waals surface area contributed by atoms with Crippen molar-refractivity contribution in [2.75, 3.05) is 10.6 Å². The fourth-order valence-electron chi connectivity index (χ4n) is 5.34. The van der Waals surface area contributed by atoms with Crippen molar-refractivity contribution in [3.05, 3.63) is 60.9 Å². The van der Waals surface area contributed by atoms with Gasteiger partial charge in [-0.05, 0) is 49.4 Å². The predicted molar refractivity (Wildman–Crippen MR) is 133 cm³/mol. The van der Waals surface area contributed by atoms with Gasteiger partial charge in [0.25, 0.3) is 0 Å². The molecule has 2 N–H and O–H groups in total. The molecular weight excluding hydrogens is 408 g/mol. The van der Waals surface area contributed by atoms with E-state index in [4.69, 9.17) is 10.1 Å². The summed E-state index contributed by atoms with van der Waals surface area (Å²) in [5.41, 5.74) is 5.04. The van der Waals surface area contributed by atoms with Crippen LogP contribution in [0, 0.1) is 0 Å². The second-order valence-corrected chi connectivity index (χ2v) is 9.34. The van der Waals surface area contributed by atoms with Gasteiger partial charge in [-0.25, -0.2) is 9.97 Å². The van der Waals surface area contributed by atoms with E-state index in [1.165, 1.54) is 51.4 Å². The summed E-state index contributed by atoms with van der Waals surface area (Å²) < 4.78 is 1.99. The zero-order valence-corrected chi connectivity index (χ0v) is 18.9. The zero-order chi connectivity index (χ0) is 22.0. The first-order valence-electron chi connectivity index (χ1n) is 12.3. The Kier molecular flexibility index (Phi) is 5.42. The molecule has 6 nitrogen and oxygen atoms in total. The molecule has 3 heterocycles. The highest BCUT2D eigenvalue weighted by atomic mass is 15.3. The van der Waals surface area contributed by atoms with Crippen LogP contribution in [-0.4, -0.2) is 31.7 Å². The summed E-state index contributed by atoms with van der Waals surface area (Å²) in [6.07, 6.45) is 13.8. The summed E-state index contributed by atoms with van der Waals surface area (Å²) in [6, 6.07) is 17.7. The number of hydrogen-bond donors (Lipinski definition) is 2. The van der Waals surface area contributed by atoms with Crippen LogP contribution in [0.4, 0.5) is 11.6 Å². The first-order chi connectivity index (χ1) is 16.3. The van der Waals surface area contributed by atoms with Gasteiger partial charge < -0.3 is 10.6 Å². The van der Waals surface area contributed by atoms with Gasteiger partial charge in [-0.3, -0.25) is 0 Å². The Morgan fingerprint density at radius 1 is 0.727 bits per heavy atom. The molecule has 2 saturated carbocycles. The van der Waals surface area contributed by atoms with E-state index >= 15 is 0 Å². The van der Waals surface area contributed by atoms with E-state index in [0.717, 1.165) is 39.7 Å². The van der Waals surface area contributed by atoms with Gasteiger partial charge in [-0.2, -0.15) is 9.61 Å². The molecule has 0 unspecified atom stereocenters. The molecule has 2 aliphatic rings. The van der Waals surface area contributed by atoms with E-state index in [9.17, 15) is 0 Å². The Bertz CT molecular complexity index is 1240. The summed E-state index contributed by atoms with van der Waals surface area (Å²) in [5.74, 6) is 1.94. The molecular formula is C27H30N6. The van der Waals surface area contributed by atoms with Gasteiger partial charge >= 0.3 is 0 Å². The minimum atomic E-state index is 0.506. The number of aromatic nitrogens is 4. The Hall–Kier alpha value is -3.41. The Labute approximate surface area is 194 Å². The van der Waals surface area contributed by atoms with E-state index in [0.29, 0.717) is 12.1 Å². The highest BCUT2D eigenvalue weighted by Gasteiger charge is 2.22. The molecule has 0 atom stereocenters. The van der Waals surface area contributed by atoms with Crippen molar-refractivity contribution < 1.29 is 0 Å². The predicted octanol–water partition coefficient (Wildman–Crippen LogP) is 6.17. The average molecular weight is 439 g/mol. The lowest BCUT2D eigenvalue weighted by molar-refractivity contribution is 0.740. The van der Waals surface area contributed by atoms with Crippen molar-refractivity contribution in [3.8, 4) is 22.4 Å². The van der Waals surface area contributed by atoms with Crippen LogP contribution in [0.25, 0.3) is 28.0 Å². The highest BCUT2D eigenvalue weighted by Crippen LogP contribution is 2.36. The molecule has 3 aromatic heterocycles. The van der Waals surface area contributed by atoms with E-state index in [1.807, 2.05) is 29.0 Å². The fourth-order valence-corrected chi connectivity index (χ4v) is 5.34.